The Hall–Kier alpha value is -2.71. The molecule has 0 saturated carbocycles. The maximum Gasteiger partial charge on any atom is 0.647 e. The second kappa shape index (κ2) is 11.6. The molecule has 31 heavy (non-hydrogen) atoms. The van der Waals surface area contributed by atoms with Crippen molar-refractivity contribution in [3.63, 3.8) is 0 Å². The molecule has 0 saturated heterocycles. The van der Waals surface area contributed by atoms with E-state index < -0.39 is 7.82 Å². The average molecular weight is 439 g/mol. The van der Waals surface area contributed by atoms with Gasteiger partial charge in [-0.1, -0.05) is 94.1 Å². The summed E-state index contributed by atoms with van der Waals surface area (Å²) in [6.07, 6.45) is 5.50. The van der Waals surface area contributed by atoms with Crippen LogP contribution in [0.5, 0.6) is 17.2 Å². The first-order valence-corrected chi connectivity index (χ1v) is 12.4. The molecule has 1 atom stereocenters. The minimum Gasteiger partial charge on any atom is -0.386 e. The van der Waals surface area contributed by atoms with Gasteiger partial charge in [-0.3, -0.25) is 0 Å². The lowest BCUT2D eigenvalue weighted by Crippen LogP contribution is -2.10. The monoisotopic (exact) mass is 438 g/mol. The smallest absolute Gasteiger partial charge is 0.386 e. The third-order valence-electron chi connectivity index (χ3n) is 5.16. The highest BCUT2D eigenvalue weighted by molar-refractivity contribution is 7.49. The van der Waals surface area contributed by atoms with Gasteiger partial charge in [0, 0.05) is 0 Å². The van der Waals surface area contributed by atoms with Gasteiger partial charge in [-0.05, 0) is 48.2 Å². The average Bonchev–Trinajstić information content (AvgIpc) is 2.79. The fraction of sp³-hybridized carbons (Fsp3) is 0.308. The van der Waals surface area contributed by atoms with E-state index in [1.54, 1.807) is 24.3 Å². The molecule has 0 aliphatic carbocycles. The molecule has 164 valence electrons. The maximum atomic E-state index is 13.7. The van der Waals surface area contributed by atoms with E-state index in [4.69, 9.17) is 13.6 Å². The SMILES string of the molecule is CCCCC(CC)Cc1ccccc1OP(=O)(Oc1ccccc1)Oc1ccccc1. The highest BCUT2D eigenvalue weighted by Gasteiger charge is 2.34. The molecule has 0 heterocycles. The fourth-order valence-electron chi connectivity index (χ4n) is 3.41. The van der Waals surface area contributed by atoms with Gasteiger partial charge in [0.15, 0.2) is 0 Å². The largest absolute Gasteiger partial charge is 0.647 e. The van der Waals surface area contributed by atoms with Gasteiger partial charge in [-0.25, -0.2) is 0 Å². The molecule has 0 spiro atoms. The summed E-state index contributed by atoms with van der Waals surface area (Å²) >= 11 is 0. The first-order chi connectivity index (χ1) is 15.1. The van der Waals surface area contributed by atoms with E-state index in [1.165, 1.54) is 19.3 Å². The first-order valence-electron chi connectivity index (χ1n) is 11.0. The molecule has 0 aliphatic rings. The Morgan fingerprint density at radius 3 is 1.84 bits per heavy atom. The highest BCUT2D eigenvalue weighted by Crippen LogP contribution is 2.50. The van der Waals surface area contributed by atoms with Crippen molar-refractivity contribution in [2.24, 2.45) is 5.92 Å². The second-order valence-corrected chi connectivity index (χ2v) is 9.02. The molecule has 0 bridgehead atoms. The zero-order valence-corrected chi connectivity index (χ0v) is 19.2. The molecule has 0 aliphatic heterocycles. The van der Waals surface area contributed by atoms with Crippen LogP contribution in [-0.2, 0) is 11.0 Å². The predicted octanol–water partition coefficient (Wildman–Crippen LogP) is 8.09. The van der Waals surface area contributed by atoms with E-state index in [0.29, 0.717) is 23.2 Å². The molecule has 0 fully saturated rings. The van der Waals surface area contributed by atoms with Gasteiger partial charge in [0.05, 0.1) is 0 Å². The number of hydrogen-bond acceptors (Lipinski definition) is 4. The van der Waals surface area contributed by atoms with Crippen molar-refractivity contribution in [3.05, 3.63) is 90.5 Å². The third-order valence-corrected chi connectivity index (χ3v) is 6.44. The second-order valence-electron chi connectivity index (χ2n) is 7.58. The molecule has 0 N–H and O–H groups in total. The Bertz CT molecular complexity index is 914. The van der Waals surface area contributed by atoms with Gasteiger partial charge in [0.2, 0.25) is 0 Å². The zero-order chi connectivity index (χ0) is 21.9. The van der Waals surface area contributed by atoms with Gasteiger partial charge >= 0.3 is 7.82 Å². The van der Waals surface area contributed by atoms with Gasteiger partial charge < -0.3 is 13.6 Å². The van der Waals surface area contributed by atoms with E-state index >= 15 is 0 Å². The fourth-order valence-corrected chi connectivity index (χ4v) is 4.70. The normalized spacial score (nSPS) is 12.2. The number of phosphoric acid groups is 1. The number of phosphoric ester groups is 1. The van der Waals surface area contributed by atoms with E-state index in [1.807, 2.05) is 60.7 Å². The lowest BCUT2D eigenvalue weighted by molar-refractivity contribution is 0.296. The Balaban J connectivity index is 1.86. The summed E-state index contributed by atoms with van der Waals surface area (Å²) in [5, 5.41) is 0. The number of rotatable bonds is 12. The van der Waals surface area contributed by atoms with Crippen LogP contribution in [-0.4, -0.2) is 0 Å². The predicted molar refractivity (Wildman–Crippen MR) is 126 cm³/mol. The summed E-state index contributed by atoms with van der Waals surface area (Å²) in [6, 6.07) is 25.6. The van der Waals surface area contributed by atoms with Crippen LogP contribution in [0.1, 0.15) is 45.1 Å². The molecule has 5 heteroatoms. The van der Waals surface area contributed by atoms with Gasteiger partial charge in [-0.15, -0.1) is 0 Å². The molecule has 3 aromatic carbocycles. The zero-order valence-electron chi connectivity index (χ0n) is 18.3. The van der Waals surface area contributed by atoms with Crippen molar-refractivity contribution >= 4 is 7.82 Å². The molecule has 1 unspecified atom stereocenters. The van der Waals surface area contributed by atoms with Gasteiger partial charge in [-0.2, -0.15) is 4.57 Å². The molecule has 0 aromatic heterocycles. The Morgan fingerprint density at radius 2 is 1.29 bits per heavy atom. The van der Waals surface area contributed by atoms with E-state index in [2.05, 4.69) is 13.8 Å². The van der Waals surface area contributed by atoms with Gasteiger partial charge in [0.1, 0.15) is 17.2 Å². The first kappa shape index (κ1) is 23.0. The van der Waals surface area contributed by atoms with E-state index in [-0.39, 0.29) is 0 Å². The van der Waals surface area contributed by atoms with Crippen LogP contribution in [0, 0.1) is 5.92 Å². The van der Waals surface area contributed by atoms with Crippen LogP contribution in [0.15, 0.2) is 84.9 Å². The highest BCUT2D eigenvalue weighted by atomic mass is 31.2. The minimum atomic E-state index is -3.99. The van der Waals surface area contributed by atoms with Crippen LogP contribution in [0.25, 0.3) is 0 Å². The van der Waals surface area contributed by atoms with Crippen molar-refractivity contribution in [1.29, 1.82) is 0 Å². The van der Waals surface area contributed by atoms with Crippen LogP contribution >= 0.6 is 7.82 Å². The Labute approximate surface area is 185 Å². The maximum absolute atomic E-state index is 13.7. The van der Waals surface area contributed by atoms with Crippen molar-refractivity contribution in [3.8, 4) is 17.2 Å². The minimum absolute atomic E-state index is 0.425. The molecular weight excluding hydrogens is 407 g/mol. The third kappa shape index (κ3) is 7.18. The summed E-state index contributed by atoms with van der Waals surface area (Å²) in [5.41, 5.74) is 1.01. The summed E-state index contributed by atoms with van der Waals surface area (Å²) in [5.74, 6) is 1.93. The summed E-state index contributed by atoms with van der Waals surface area (Å²) in [4.78, 5) is 0. The summed E-state index contributed by atoms with van der Waals surface area (Å²) in [7, 11) is -3.99. The lowest BCUT2D eigenvalue weighted by Gasteiger charge is -2.22. The van der Waals surface area contributed by atoms with Crippen LogP contribution in [0.4, 0.5) is 0 Å². The summed E-state index contributed by atoms with van der Waals surface area (Å²) in [6.45, 7) is 4.42. The molecule has 4 nitrogen and oxygen atoms in total. The van der Waals surface area contributed by atoms with Gasteiger partial charge in [0.25, 0.3) is 0 Å². The van der Waals surface area contributed by atoms with Crippen molar-refractivity contribution in [2.45, 2.75) is 46.0 Å². The van der Waals surface area contributed by atoms with Crippen molar-refractivity contribution in [1.82, 2.24) is 0 Å². The summed E-state index contributed by atoms with van der Waals surface area (Å²) < 4.78 is 31.3. The van der Waals surface area contributed by atoms with Crippen molar-refractivity contribution in [2.75, 3.05) is 0 Å². The van der Waals surface area contributed by atoms with E-state index in [0.717, 1.165) is 18.4 Å². The topological polar surface area (TPSA) is 44.8 Å². The van der Waals surface area contributed by atoms with Crippen molar-refractivity contribution < 1.29 is 18.1 Å². The van der Waals surface area contributed by atoms with E-state index in [9.17, 15) is 4.57 Å². The Kier molecular flexibility index (Phi) is 8.61. The van der Waals surface area contributed by atoms with Crippen LogP contribution in [0.3, 0.4) is 0 Å². The number of benzene rings is 3. The number of unbranched alkanes of at least 4 members (excludes halogenated alkanes) is 1. The molecule has 3 aromatic rings. The number of hydrogen-bond donors (Lipinski definition) is 0. The molecule has 0 amide bonds. The molecule has 3 rings (SSSR count). The molecule has 0 radical (unpaired) electrons. The Morgan fingerprint density at radius 1 is 0.742 bits per heavy atom. The van der Waals surface area contributed by atoms with Crippen LogP contribution in [0.2, 0.25) is 0 Å². The quantitative estimate of drug-likeness (QED) is 0.268. The standard InChI is InChI=1S/C26H31O4P/c1-3-5-14-22(4-2)21-23-15-12-13-20-26(23)30-31(27,28-24-16-8-6-9-17-24)29-25-18-10-7-11-19-25/h6-13,15-20,22H,3-5,14,21H2,1-2H3. The van der Waals surface area contributed by atoms with Crippen LogP contribution < -0.4 is 13.6 Å². The lowest BCUT2D eigenvalue weighted by atomic mass is 9.92. The number of para-hydroxylation sites is 3. The molecular formula is C26H31O4P.